The molecule has 0 saturated carbocycles. The van der Waals surface area contributed by atoms with Crippen LogP contribution >= 0.6 is 27.3 Å². The van der Waals surface area contributed by atoms with Crippen LogP contribution in [0.4, 0.5) is 5.82 Å². The van der Waals surface area contributed by atoms with Gasteiger partial charge in [-0.25, -0.2) is 9.97 Å². The van der Waals surface area contributed by atoms with Crippen LogP contribution < -0.4 is 4.90 Å². The molecule has 0 saturated heterocycles. The molecule has 0 aliphatic rings. The molecule has 3 nitrogen and oxygen atoms in total. The van der Waals surface area contributed by atoms with Crippen molar-refractivity contribution < 1.29 is 0 Å². The Kier molecular flexibility index (Phi) is 3.90. The first-order valence-corrected chi connectivity index (χ1v) is 6.64. The molecule has 0 aliphatic carbocycles. The standard InChI is InChI=1S/C11H12BrN3S/c1-15(5-4-9-3-2-6-16-9)11-7-10(12)13-8-14-11/h2-3,6-8H,4-5H2,1H3. The average molecular weight is 298 g/mol. The molecular formula is C11H12BrN3S. The van der Waals surface area contributed by atoms with Gasteiger partial charge in [-0.15, -0.1) is 11.3 Å². The number of halogens is 1. The number of nitrogens with zero attached hydrogens (tertiary/aromatic N) is 3. The van der Waals surface area contributed by atoms with E-state index in [0.29, 0.717) is 0 Å². The van der Waals surface area contributed by atoms with E-state index in [1.165, 1.54) is 4.88 Å². The minimum Gasteiger partial charge on any atom is -0.359 e. The molecule has 0 amide bonds. The zero-order valence-corrected chi connectivity index (χ0v) is 11.3. The van der Waals surface area contributed by atoms with Crippen LogP contribution in [0.25, 0.3) is 0 Å². The van der Waals surface area contributed by atoms with Crippen molar-refractivity contribution in [1.82, 2.24) is 9.97 Å². The minimum absolute atomic E-state index is 0.820. The molecule has 84 valence electrons. The van der Waals surface area contributed by atoms with E-state index < -0.39 is 0 Å². The molecule has 0 aliphatic heterocycles. The van der Waals surface area contributed by atoms with Crippen LogP contribution in [0, 0.1) is 0 Å². The third-order valence-electron chi connectivity index (χ3n) is 2.28. The monoisotopic (exact) mass is 297 g/mol. The molecule has 2 aromatic heterocycles. The quantitative estimate of drug-likeness (QED) is 0.813. The second-order valence-electron chi connectivity index (χ2n) is 3.45. The number of anilines is 1. The predicted molar refractivity (Wildman–Crippen MR) is 71.0 cm³/mol. The van der Waals surface area contributed by atoms with Crippen LogP contribution in [0.1, 0.15) is 4.88 Å². The Balaban J connectivity index is 1.95. The second kappa shape index (κ2) is 5.41. The lowest BCUT2D eigenvalue weighted by molar-refractivity contribution is 0.862. The van der Waals surface area contributed by atoms with E-state index in [2.05, 4.69) is 48.3 Å². The van der Waals surface area contributed by atoms with Gasteiger partial charge in [-0.1, -0.05) is 6.07 Å². The van der Waals surface area contributed by atoms with E-state index in [1.54, 1.807) is 17.7 Å². The molecule has 0 fully saturated rings. The number of hydrogen-bond acceptors (Lipinski definition) is 4. The molecular weight excluding hydrogens is 286 g/mol. The summed E-state index contributed by atoms with van der Waals surface area (Å²) in [7, 11) is 2.04. The lowest BCUT2D eigenvalue weighted by Crippen LogP contribution is -2.21. The third-order valence-corrected chi connectivity index (χ3v) is 3.65. The number of aromatic nitrogens is 2. The van der Waals surface area contributed by atoms with Crippen LogP contribution in [0.15, 0.2) is 34.5 Å². The van der Waals surface area contributed by atoms with Crippen molar-refractivity contribution in [2.75, 3.05) is 18.5 Å². The van der Waals surface area contributed by atoms with E-state index >= 15 is 0 Å². The fraction of sp³-hybridized carbons (Fsp3) is 0.273. The van der Waals surface area contributed by atoms with Gasteiger partial charge in [0.2, 0.25) is 0 Å². The highest BCUT2D eigenvalue weighted by molar-refractivity contribution is 9.10. The summed E-state index contributed by atoms with van der Waals surface area (Å²) in [6.45, 7) is 0.962. The zero-order valence-electron chi connectivity index (χ0n) is 8.93. The zero-order chi connectivity index (χ0) is 11.4. The largest absolute Gasteiger partial charge is 0.359 e. The molecule has 0 aromatic carbocycles. The van der Waals surface area contributed by atoms with Crippen molar-refractivity contribution in [1.29, 1.82) is 0 Å². The highest BCUT2D eigenvalue weighted by Gasteiger charge is 2.03. The van der Waals surface area contributed by atoms with Gasteiger partial charge in [0.05, 0.1) is 0 Å². The fourth-order valence-corrected chi connectivity index (χ4v) is 2.37. The van der Waals surface area contributed by atoms with Crippen LogP contribution in [-0.4, -0.2) is 23.6 Å². The van der Waals surface area contributed by atoms with Gasteiger partial charge in [0.1, 0.15) is 16.7 Å². The Morgan fingerprint density at radius 1 is 1.44 bits per heavy atom. The predicted octanol–water partition coefficient (Wildman–Crippen LogP) is 2.98. The van der Waals surface area contributed by atoms with Crippen molar-refractivity contribution in [2.24, 2.45) is 0 Å². The van der Waals surface area contributed by atoms with Crippen molar-refractivity contribution in [2.45, 2.75) is 6.42 Å². The molecule has 5 heteroatoms. The van der Waals surface area contributed by atoms with Crippen molar-refractivity contribution in [3.05, 3.63) is 39.4 Å². The summed E-state index contributed by atoms with van der Waals surface area (Å²) in [4.78, 5) is 11.8. The molecule has 0 radical (unpaired) electrons. The van der Waals surface area contributed by atoms with Gasteiger partial charge in [0, 0.05) is 24.5 Å². The number of rotatable bonds is 4. The number of likely N-dealkylation sites (N-methyl/N-ethyl adjacent to an activating group) is 1. The Morgan fingerprint density at radius 3 is 3.00 bits per heavy atom. The summed E-state index contributed by atoms with van der Waals surface area (Å²) in [5, 5.41) is 2.11. The van der Waals surface area contributed by atoms with E-state index in [4.69, 9.17) is 0 Å². The highest BCUT2D eigenvalue weighted by Crippen LogP contribution is 2.15. The van der Waals surface area contributed by atoms with Crippen molar-refractivity contribution in [3.8, 4) is 0 Å². The van der Waals surface area contributed by atoms with E-state index in [-0.39, 0.29) is 0 Å². The number of hydrogen-bond donors (Lipinski definition) is 0. The maximum atomic E-state index is 4.23. The fourth-order valence-electron chi connectivity index (χ4n) is 1.38. The summed E-state index contributed by atoms with van der Waals surface area (Å²) in [5.41, 5.74) is 0. The van der Waals surface area contributed by atoms with Gasteiger partial charge in [-0.2, -0.15) is 0 Å². The molecule has 16 heavy (non-hydrogen) atoms. The van der Waals surface area contributed by atoms with Gasteiger partial charge in [0.15, 0.2) is 0 Å². The van der Waals surface area contributed by atoms with Crippen LogP contribution in [0.2, 0.25) is 0 Å². The molecule has 0 bridgehead atoms. The van der Waals surface area contributed by atoms with E-state index in [9.17, 15) is 0 Å². The highest BCUT2D eigenvalue weighted by atomic mass is 79.9. The van der Waals surface area contributed by atoms with Crippen LogP contribution in [0.5, 0.6) is 0 Å². The van der Waals surface area contributed by atoms with E-state index in [1.807, 2.05) is 13.1 Å². The summed E-state index contributed by atoms with van der Waals surface area (Å²) in [5.74, 6) is 0.943. The van der Waals surface area contributed by atoms with E-state index in [0.717, 1.165) is 23.4 Å². The topological polar surface area (TPSA) is 29.0 Å². The second-order valence-corrected chi connectivity index (χ2v) is 5.29. The smallest absolute Gasteiger partial charge is 0.132 e. The Hall–Kier alpha value is -0.940. The van der Waals surface area contributed by atoms with Crippen molar-refractivity contribution in [3.63, 3.8) is 0 Å². The summed E-state index contributed by atoms with van der Waals surface area (Å²) in [6.07, 6.45) is 2.62. The molecule has 2 rings (SSSR count). The van der Waals surface area contributed by atoms with Gasteiger partial charge >= 0.3 is 0 Å². The maximum absolute atomic E-state index is 4.23. The Bertz CT molecular complexity index is 444. The first-order chi connectivity index (χ1) is 7.75. The normalized spacial score (nSPS) is 10.4. The van der Waals surface area contributed by atoms with Crippen LogP contribution in [-0.2, 0) is 6.42 Å². The lowest BCUT2D eigenvalue weighted by atomic mass is 10.3. The van der Waals surface area contributed by atoms with Gasteiger partial charge in [-0.3, -0.25) is 0 Å². The van der Waals surface area contributed by atoms with Crippen molar-refractivity contribution >= 4 is 33.1 Å². The maximum Gasteiger partial charge on any atom is 0.132 e. The summed E-state index contributed by atoms with van der Waals surface area (Å²) >= 11 is 5.14. The van der Waals surface area contributed by atoms with Gasteiger partial charge in [-0.05, 0) is 33.8 Å². The lowest BCUT2D eigenvalue weighted by Gasteiger charge is -2.17. The molecule has 2 aromatic rings. The first kappa shape index (κ1) is 11.5. The van der Waals surface area contributed by atoms with Gasteiger partial charge in [0.25, 0.3) is 0 Å². The molecule has 0 spiro atoms. The first-order valence-electron chi connectivity index (χ1n) is 4.97. The third kappa shape index (κ3) is 3.02. The Morgan fingerprint density at radius 2 is 2.31 bits per heavy atom. The molecule has 0 unspecified atom stereocenters. The minimum atomic E-state index is 0.820. The number of thiophene rings is 1. The average Bonchev–Trinajstić information content (AvgIpc) is 2.78. The molecule has 0 N–H and O–H groups in total. The van der Waals surface area contributed by atoms with Gasteiger partial charge < -0.3 is 4.90 Å². The summed E-state index contributed by atoms with van der Waals surface area (Å²) < 4.78 is 0.820. The Labute approximate surface area is 107 Å². The molecule has 2 heterocycles. The summed E-state index contributed by atoms with van der Waals surface area (Å²) in [6, 6.07) is 6.17. The molecule has 0 atom stereocenters. The van der Waals surface area contributed by atoms with Crippen LogP contribution in [0.3, 0.4) is 0 Å². The SMILES string of the molecule is CN(CCc1cccs1)c1cc(Br)ncn1.